The molecule has 0 bridgehead atoms. The Bertz CT molecular complexity index is 1230. The fourth-order valence-electron chi connectivity index (χ4n) is 3.66. The lowest BCUT2D eigenvalue weighted by Gasteiger charge is -2.32. The van der Waals surface area contributed by atoms with Crippen LogP contribution in [0.25, 0.3) is 0 Å². The molecule has 1 unspecified atom stereocenters. The van der Waals surface area contributed by atoms with Crippen molar-refractivity contribution in [2.75, 3.05) is 30.8 Å². The number of anilines is 1. The Labute approximate surface area is 217 Å². The van der Waals surface area contributed by atoms with Crippen LogP contribution in [0.3, 0.4) is 0 Å². The summed E-state index contributed by atoms with van der Waals surface area (Å²) < 4.78 is 31.6. The number of aryl methyl sites for hydroxylation is 1. The van der Waals surface area contributed by atoms with E-state index in [1.807, 2.05) is 6.92 Å². The van der Waals surface area contributed by atoms with Gasteiger partial charge in [-0.2, -0.15) is 0 Å². The number of ether oxygens (including phenoxy) is 1. The molecule has 2 aromatic carbocycles. The standard InChI is InChI=1S/C25H34N4O7S/c1-6-7-13-26-25(31)19(3)27(16-20-9-8-10-22(14-20)36-4)24(30)17-28(37(5,34)35)23-15-21(29(32)33)12-11-18(23)2/h8-12,14-15,19H,6-7,13,16-17H2,1-5H3,(H,26,31). The highest BCUT2D eigenvalue weighted by atomic mass is 32.2. The number of nitro benzene ring substituents is 1. The van der Waals surface area contributed by atoms with Crippen molar-refractivity contribution < 1.29 is 27.7 Å². The van der Waals surface area contributed by atoms with Crippen LogP contribution in [-0.2, 0) is 26.2 Å². The molecular formula is C25H34N4O7S. The highest BCUT2D eigenvalue weighted by Crippen LogP contribution is 2.28. The smallest absolute Gasteiger partial charge is 0.271 e. The molecule has 37 heavy (non-hydrogen) atoms. The molecule has 0 aromatic heterocycles. The Morgan fingerprint density at radius 3 is 2.49 bits per heavy atom. The molecule has 202 valence electrons. The van der Waals surface area contributed by atoms with Gasteiger partial charge in [0.15, 0.2) is 0 Å². The van der Waals surface area contributed by atoms with Crippen LogP contribution in [0, 0.1) is 17.0 Å². The maximum atomic E-state index is 13.6. The van der Waals surface area contributed by atoms with Gasteiger partial charge in [0, 0.05) is 25.2 Å². The molecule has 2 amide bonds. The molecule has 0 fully saturated rings. The molecule has 0 aliphatic carbocycles. The number of carbonyl (C=O) groups is 2. The molecule has 0 aliphatic heterocycles. The molecule has 11 nitrogen and oxygen atoms in total. The highest BCUT2D eigenvalue weighted by Gasteiger charge is 2.31. The number of amides is 2. The Morgan fingerprint density at radius 2 is 1.89 bits per heavy atom. The van der Waals surface area contributed by atoms with Crippen LogP contribution in [-0.4, -0.2) is 62.6 Å². The first-order valence-corrected chi connectivity index (χ1v) is 13.7. The first-order valence-electron chi connectivity index (χ1n) is 11.8. The monoisotopic (exact) mass is 534 g/mol. The second kappa shape index (κ2) is 13.0. The van der Waals surface area contributed by atoms with Gasteiger partial charge in [-0.1, -0.05) is 31.5 Å². The van der Waals surface area contributed by atoms with Crippen molar-refractivity contribution in [2.45, 2.75) is 46.2 Å². The highest BCUT2D eigenvalue weighted by molar-refractivity contribution is 7.92. The molecule has 1 atom stereocenters. The van der Waals surface area contributed by atoms with Gasteiger partial charge in [-0.05, 0) is 43.5 Å². The number of nitrogens with one attached hydrogen (secondary N) is 1. The second-order valence-electron chi connectivity index (χ2n) is 8.69. The van der Waals surface area contributed by atoms with Crippen LogP contribution in [0.4, 0.5) is 11.4 Å². The number of non-ortho nitro benzene ring substituents is 1. The number of methoxy groups -OCH3 is 1. The van der Waals surface area contributed by atoms with Gasteiger partial charge in [-0.3, -0.25) is 24.0 Å². The van der Waals surface area contributed by atoms with Crippen molar-refractivity contribution in [2.24, 2.45) is 0 Å². The number of nitro groups is 1. The molecule has 2 rings (SSSR count). The zero-order valence-electron chi connectivity index (χ0n) is 21.8. The average Bonchev–Trinajstić information content (AvgIpc) is 2.85. The summed E-state index contributed by atoms with van der Waals surface area (Å²) in [6, 6.07) is 9.88. The Morgan fingerprint density at radius 1 is 1.19 bits per heavy atom. The van der Waals surface area contributed by atoms with Crippen LogP contribution < -0.4 is 14.4 Å². The van der Waals surface area contributed by atoms with Crippen molar-refractivity contribution >= 4 is 33.2 Å². The molecule has 2 aromatic rings. The normalized spacial score (nSPS) is 11.9. The quantitative estimate of drug-likeness (QED) is 0.237. The van der Waals surface area contributed by atoms with E-state index in [-0.39, 0.29) is 23.8 Å². The van der Waals surface area contributed by atoms with Crippen molar-refractivity contribution in [3.05, 3.63) is 63.7 Å². The summed E-state index contributed by atoms with van der Waals surface area (Å²) >= 11 is 0. The number of sulfonamides is 1. The fraction of sp³-hybridized carbons (Fsp3) is 0.440. The molecule has 12 heteroatoms. The Balaban J connectivity index is 2.46. The van der Waals surface area contributed by atoms with Gasteiger partial charge < -0.3 is 15.0 Å². The summed E-state index contributed by atoms with van der Waals surface area (Å²) in [4.78, 5) is 38.4. The minimum Gasteiger partial charge on any atom is -0.497 e. The average molecular weight is 535 g/mol. The predicted molar refractivity (Wildman–Crippen MR) is 141 cm³/mol. The summed E-state index contributed by atoms with van der Waals surface area (Å²) in [6.45, 7) is 4.98. The van der Waals surface area contributed by atoms with Crippen molar-refractivity contribution in [3.63, 3.8) is 0 Å². The number of hydrogen-bond donors (Lipinski definition) is 1. The van der Waals surface area contributed by atoms with Crippen LogP contribution in [0.1, 0.15) is 37.8 Å². The number of benzene rings is 2. The van der Waals surface area contributed by atoms with Crippen molar-refractivity contribution in [1.29, 1.82) is 0 Å². The second-order valence-corrected chi connectivity index (χ2v) is 10.6. The maximum absolute atomic E-state index is 13.6. The largest absolute Gasteiger partial charge is 0.497 e. The summed E-state index contributed by atoms with van der Waals surface area (Å²) in [6.07, 6.45) is 2.58. The Kier molecular flexibility index (Phi) is 10.4. The fourth-order valence-corrected chi connectivity index (χ4v) is 4.56. The SMILES string of the molecule is CCCCNC(=O)C(C)N(Cc1cccc(OC)c1)C(=O)CN(c1cc([N+](=O)[O-])ccc1C)S(C)(=O)=O. The van der Waals surface area contributed by atoms with E-state index in [0.717, 1.165) is 29.5 Å². The topological polar surface area (TPSA) is 139 Å². The Hall–Kier alpha value is -3.67. The molecule has 1 N–H and O–H groups in total. The minimum atomic E-state index is -4.02. The van der Waals surface area contributed by atoms with Crippen LogP contribution in [0.2, 0.25) is 0 Å². The number of carbonyl (C=O) groups excluding carboxylic acids is 2. The molecule has 0 radical (unpaired) electrons. The van der Waals surface area contributed by atoms with E-state index < -0.39 is 33.4 Å². The van der Waals surface area contributed by atoms with E-state index >= 15 is 0 Å². The zero-order valence-corrected chi connectivity index (χ0v) is 22.6. The molecule has 0 saturated carbocycles. The summed E-state index contributed by atoms with van der Waals surface area (Å²) in [5.41, 5.74) is 0.830. The van der Waals surface area contributed by atoms with Gasteiger partial charge in [0.2, 0.25) is 21.8 Å². The lowest BCUT2D eigenvalue weighted by atomic mass is 10.1. The van der Waals surface area contributed by atoms with E-state index in [0.29, 0.717) is 23.4 Å². The van der Waals surface area contributed by atoms with Crippen LogP contribution >= 0.6 is 0 Å². The van der Waals surface area contributed by atoms with Gasteiger partial charge in [0.05, 0.1) is 24.0 Å². The van der Waals surface area contributed by atoms with E-state index in [1.165, 1.54) is 24.1 Å². The number of rotatable bonds is 13. The van der Waals surface area contributed by atoms with E-state index in [1.54, 1.807) is 38.1 Å². The predicted octanol–water partition coefficient (Wildman–Crippen LogP) is 3.01. The van der Waals surface area contributed by atoms with Crippen molar-refractivity contribution in [1.82, 2.24) is 10.2 Å². The molecule has 0 spiro atoms. The summed E-state index contributed by atoms with van der Waals surface area (Å²) in [5, 5.41) is 14.1. The van der Waals surface area contributed by atoms with Gasteiger partial charge in [-0.15, -0.1) is 0 Å². The third-order valence-electron chi connectivity index (χ3n) is 5.84. The molecule has 0 saturated heterocycles. The number of unbranched alkanes of at least 4 members (excludes halogenated alkanes) is 1. The van der Waals surface area contributed by atoms with Crippen LogP contribution in [0.15, 0.2) is 42.5 Å². The maximum Gasteiger partial charge on any atom is 0.271 e. The van der Waals surface area contributed by atoms with E-state index in [4.69, 9.17) is 4.74 Å². The molecular weight excluding hydrogens is 500 g/mol. The zero-order chi connectivity index (χ0) is 27.8. The third-order valence-corrected chi connectivity index (χ3v) is 6.96. The summed E-state index contributed by atoms with van der Waals surface area (Å²) in [7, 11) is -2.50. The first-order chi connectivity index (χ1) is 17.4. The van der Waals surface area contributed by atoms with Gasteiger partial charge in [0.1, 0.15) is 18.3 Å². The van der Waals surface area contributed by atoms with E-state index in [2.05, 4.69) is 5.32 Å². The van der Waals surface area contributed by atoms with Gasteiger partial charge in [-0.25, -0.2) is 8.42 Å². The van der Waals surface area contributed by atoms with Crippen molar-refractivity contribution in [3.8, 4) is 5.75 Å². The van der Waals surface area contributed by atoms with E-state index in [9.17, 15) is 28.1 Å². The first kappa shape index (κ1) is 29.6. The summed E-state index contributed by atoms with van der Waals surface area (Å²) in [5.74, 6) is -0.450. The number of hydrogen-bond acceptors (Lipinski definition) is 7. The van der Waals surface area contributed by atoms with Gasteiger partial charge >= 0.3 is 0 Å². The molecule has 0 heterocycles. The molecule has 0 aliphatic rings. The lowest BCUT2D eigenvalue weighted by Crippen LogP contribution is -2.51. The third kappa shape index (κ3) is 8.17. The van der Waals surface area contributed by atoms with Gasteiger partial charge in [0.25, 0.3) is 5.69 Å². The lowest BCUT2D eigenvalue weighted by molar-refractivity contribution is -0.384. The number of nitrogens with zero attached hydrogens (tertiary/aromatic N) is 3. The minimum absolute atomic E-state index is 0.0178. The van der Waals surface area contributed by atoms with Crippen LogP contribution in [0.5, 0.6) is 5.75 Å².